The Kier molecular flexibility index (Phi) is 10.2. The summed E-state index contributed by atoms with van der Waals surface area (Å²) in [6.07, 6.45) is -2.10. The molecule has 3 unspecified atom stereocenters. The highest BCUT2D eigenvalue weighted by molar-refractivity contribution is 5.83. The Bertz CT molecular complexity index is 800. The minimum Gasteiger partial charge on any atom is -0.490 e. The van der Waals surface area contributed by atoms with Gasteiger partial charge in [0.2, 0.25) is 12.2 Å². The van der Waals surface area contributed by atoms with Crippen LogP contribution in [0, 0.1) is 5.92 Å². The van der Waals surface area contributed by atoms with E-state index in [1.807, 2.05) is 25.1 Å². The third-order valence-electron chi connectivity index (χ3n) is 4.80. The van der Waals surface area contributed by atoms with Gasteiger partial charge in [-0.15, -0.1) is 0 Å². The van der Waals surface area contributed by atoms with E-state index in [2.05, 4.69) is 5.32 Å². The number of hydrogen-bond donors (Lipinski definition) is 1. The van der Waals surface area contributed by atoms with Crippen molar-refractivity contribution in [1.29, 1.82) is 0 Å². The minimum atomic E-state index is -1.12. The van der Waals surface area contributed by atoms with Crippen LogP contribution in [-0.4, -0.2) is 74.2 Å². The van der Waals surface area contributed by atoms with Gasteiger partial charge in [0.1, 0.15) is 18.8 Å². The number of morpholine rings is 1. The second kappa shape index (κ2) is 12.9. The molecule has 2 amide bonds. The van der Waals surface area contributed by atoms with E-state index in [9.17, 15) is 14.4 Å². The fraction of sp³-hybridized carbons (Fsp3) is 0.609. The van der Waals surface area contributed by atoms with Crippen molar-refractivity contribution >= 4 is 18.0 Å². The van der Waals surface area contributed by atoms with Crippen LogP contribution in [0.1, 0.15) is 34.6 Å². The lowest BCUT2D eigenvalue weighted by Crippen LogP contribution is -2.49. The molecule has 0 aromatic heterocycles. The molecule has 10 heteroatoms. The lowest BCUT2D eigenvalue weighted by molar-refractivity contribution is -0.171. The van der Waals surface area contributed by atoms with Crippen LogP contribution in [0.5, 0.6) is 11.5 Å². The van der Waals surface area contributed by atoms with Gasteiger partial charge in [0.05, 0.1) is 19.8 Å². The van der Waals surface area contributed by atoms with Crippen LogP contribution >= 0.6 is 0 Å². The van der Waals surface area contributed by atoms with Gasteiger partial charge in [-0.25, -0.2) is 9.59 Å². The summed E-state index contributed by atoms with van der Waals surface area (Å²) < 4.78 is 27.6. The fourth-order valence-electron chi connectivity index (χ4n) is 3.21. The lowest BCUT2D eigenvalue weighted by Gasteiger charge is -2.33. The van der Waals surface area contributed by atoms with E-state index in [4.69, 9.17) is 23.7 Å². The zero-order chi connectivity index (χ0) is 24.4. The van der Waals surface area contributed by atoms with Crippen molar-refractivity contribution in [2.45, 2.75) is 53.1 Å². The quantitative estimate of drug-likeness (QED) is 0.413. The molecule has 1 saturated heterocycles. The highest BCUT2D eigenvalue weighted by Gasteiger charge is 2.30. The average Bonchev–Trinajstić information content (AvgIpc) is 2.76. The third kappa shape index (κ3) is 8.45. The third-order valence-corrected chi connectivity index (χ3v) is 4.80. The van der Waals surface area contributed by atoms with E-state index in [1.54, 1.807) is 19.9 Å². The van der Waals surface area contributed by atoms with Crippen molar-refractivity contribution in [2.75, 3.05) is 32.9 Å². The molecule has 1 N–H and O–H groups in total. The van der Waals surface area contributed by atoms with E-state index in [-0.39, 0.29) is 31.1 Å². The molecule has 0 spiro atoms. The molecule has 0 bridgehead atoms. The maximum Gasteiger partial charge on any atom is 0.413 e. The molecule has 1 aliphatic heterocycles. The van der Waals surface area contributed by atoms with Crippen molar-refractivity contribution in [3.05, 3.63) is 24.3 Å². The van der Waals surface area contributed by atoms with Crippen molar-refractivity contribution < 1.29 is 38.1 Å². The zero-order valence-corrected chi connectivity index (χ0v) is 19.9. The van der Waals surface area contributed by atoms with Crippen LogP contribution in [0.15, 0.2) is 24.3 Å². The monoisotopic (exact) mass is 466 g/mol. The van der Waals surface area contributed by atoms with Gasteiger partial charge in [0.25, 0.3) is 0 Å². The first-order valence-corrected chi connectivity index (χ1v) is 11.1. The van der Waals surface area contributed by atoms with Gasteiger partial charge in [-0.1, -0.05) is 26.0 Å². The molecule has 3 atom stereocenters. The molecule has 1 heterocycles. The molecule has 10 nitrogen and oxygen atoms in total. The number of ether oxygens (including phenoxy) is 5. The number of hydrogen-bond acceptors (Lipinski definition) is 8. The maximum absolute atomic E-state index is 12.6. The van der Waals surface area contributed by atoms with Crippen molar-refractivity contribution in [3.63, 3.8) is 0 Å². The SMILES string of the molecule is CCOc1ccccc1OCC1CN(C(=O)OC(C)OC(=O)C(NC(C)=O)C(C)C)CCO1. The molecule has 2 rings (SSSR count). The maximum atomic E-state index is 12.6. The predicted molar refractivity (Wildman–Crippen MR) is 119 cm³/mol. The van der Waals surface area contributed by atoms with Crippen molar-refractivity contribution in [2.24, 2.45) is 5.92 Å². The van der Waals surface area contributed by atoms with Crippen LogP contribution < -0.4 is 14.8 Å². The number of para-hydroxylation sites is 2. The first-order valence-electron chi connectivity index (χ1n) is 11.1. The lowest BCUT2D eigenvalue weighted by atomic mass is 10.0. The van der Waals surface area contributed by atoms with Gasteiger partial charge >= 0.3 is 12.1 Å². The molecule has 1 aliphatic rings. The molecule has 1 aromatic rings. The smallest absolute Gasteiger partial charge is 0.413 e. The number of esters is 1. The average molecular weight is 467 g/mol. The summed E-state index contributed by atoms with van der Waals surface area (Å²) >= 11 is 0. The standard InChI is InChI=1S/C23H34N2O8/c1-6-29-19-9-7-8-10-20(19)31-14-18-13-25(11-12-30-18)23(28)33-17(5)32-22(27)21(15(2)3)24-16(4)26/h7-10,15,17-18,21H,6,11-14H2,1-5H3,(H,24,26). The van der Waals surface area contributed by atoms with Gasteiger partial charge in [-0.05, 0) is 25.0 Å². The van der Waals surface area contributed by atoms with E-state index in [0.717, 1.165) is 0 Å². The first-order chi connectivity index (χ1) is 15.7. The Morgan fingerprint density at radius 1 is 1.12 bits per heavy atom. The molecule has 184 valence electrons. The van der Waals surface area contributed by atoms with Gasteiger partial charge in [0, 0.05) is 20.4 Å². The molecule has 1 aromatic carbocycles. The Morgan fingerprint density at radius 3 is 2.39 bits per heavy atom. The molecule has 0 saturated carbocycles. The minimum absolute atomic E-state index is 0.183. The van der Waals surface area contributed by atoms with Crippen LogP contribution in [0.4, 0.5) is 4.79 Å². The number of amides is 2. The Hall–Kier alpha value is -3.01. The molecular formula is C23H34N2O8. The normalized spacial score (nSPS) is 17.6. The van der Waals surface area contributed by atoms with Gasteiger partial charge < -0.3 is 33.9 Å². The molecule has 0 radical (unpaired) electrons. The first kappa shape index (κ1) is 26.2. The Labute approximate surface area is 194 Å². The fourth-order valence-corrected chi connectivity index (χ4v) is 3.21. The van der Waals surface area contributed by atoms with Crippen LogP contribution in [-0.2, 0) is 23.8 Å². The summed E-state index contributed by atoms with van der Waals surface area (Å²) in [5.74, 6) is 0.0448. The van der Waals surface area contributed by atoms with Crippen LogP contribution in [0.25, 0.3) is 0 Å². The second-order valence-electron chi connectivity index (χ2n) is 7.94. The van der Waals surface area contributed by atoms with Crippen LogP contribution in [0.3, 0.4) is 0 Å². The number of nitrogens with zero attached hydrogens (tertiary/aromatic N) is 1. The Morgan fingerprint density at radius 2 is 1.79 bits per heavy atom. The largest absolute Gasteiger partial charge is 0.490 e. The zero-order valence-electron chi connectivity index (χ0n) is 19.9. The summed E-state index contributed by atoms with van der Waals surface area (Å²) in [6.45, 7) is 9.89. The van der Waals surface area contributed by atoms with Gasteiger partial charge in [-0.3, -0.25) is 4.79 Å². The van der Waals surface area contributed by atoms with Crippen molar-refractivity contribution in [3.8, 4) is 11.5 Å². The summed E-state index contributed by atoms with van der Waals surface area (Å²) in [7, 11) is 0. The summed E-state index contributed by atoms with van der Waals surface area (Å²) in [5, 5.41) is 2.54. The number of carbonyl (C=O) groups excluding carboxylic acids is 3. The van der Waals surface area contributed by atoms with E-state index in [1.165, 1.54) is 18.7 Å². The summed E-state index contributed by atoms with van der Waals surface area (Å²) in [6, 6.07) is 6.51. The number of nitrogens with one attached hydrogen (secondary N) is 1. The number of carbonyl (C=O) groups is 3. The summed E-state index contributed by atoms with van der Waals surface area (Å²) in [4.78, 5) is 37.7. The highest BCUT2D eigenvalue weighted by atomic mass is 16.7. The van der Waals surface area contributed by atoms with E-state index >= 15 is 0 Å². The van der Waals surface area contributed by atoms with E-state index < -0.39 is 24.4 Å². The van der Waals surface area contributed by atoms with Gasteiger partial charge in [-0.2, -0.15) is 0 Å². The van der Waals surface area contributed by atoms with Gasteiger partial charge in [0.15, 0.2) is 11.5 Å². The number of benzene rings is 1. The second-order valence-corrected chi connectivity index (χ2v) is 7.94. The molecule has 0 aliphatic carbocycles. The Balaban J connectivity index is 1.85. The summed E-state index contributed by atoms with van der Waals surface area (Å²) in [5.41, 5.74) is 0. The number of rotatable bonds is 10. The highest BCUT2D eigenvalue weighted by Crippen LogP contribution is 2.26. The predicted octanol–water partition coefficient (Wildman–Crippen LogP) is 2.35. The molecule has 33 heavy (non-hydrogen) atoms. The molecule has 1 fully saturated rings. The topological polar surface area (TPSA) is 113 Å². The van der Waals surface area contributed by atoms with Crippen molar-refractivity contribution in [1.82, 2.24) is 10.2 Å². The molecular weight excluding hydrogens is 432 g/mol. The van der Waals surface area contributed by atoms with E-state index in [0.29, 0.717) is 31.3 Å². The van der Waals surface area contributed by atoms with Crippen LogP contribution in [0.2, 0.25) is 0 Å².